The number of benzene rings is 1. The first-order valence-corrected chi connectivity index (χ1v) is 6.42. The highest BCUT2D eigenvalue weighted by Gasteiger charge is 2.29. The number of likely N-dealkylation sites (tertiary alicyclic amines) is 1. The molecule has 6 heteroatoms. The molecule has 2 N–H and O–H groups in total. The Balaban J connectivity index is 2.12. The van der Waals surface area contributed by atoms with Gasteiger partial charge in [-0.05, 0) is 31.0 Å². The first-order valence-electron chi connectivity index (χ1n) is 6.42. The minimum Gasteiger partial charge on any atom is -0.504 e. The smallest absolute Gasteiger partial charge is 0.310 e. The summed E-state index contributed by atoms with van der Waals surface area (Å²) in [5, 5.41) is 18.7. The minimum atomic E-state index is -0.336. The Morgan fingerprint density at radius 3 is 2.70 bits per heavy atom. The third-order valence-corrected chi connectivity index (χ3v) is 3.47. The summed E-state index contributed by atoms with van der Waals surface area (Å²) >= 11 is 0. The van der Waals surface area contributed by atoms with E-state index in [-0.39, 0.29) is 34.9 Å². The lowest BCUT2D eigenvalue weighted by atomic mass is 9.97. The summed E-state index contributed by atoms with van der Waals surface area (Å²) in [6, 6.07) is 3.93. The Morgan fingerprint density at radius 2 is 2.05 bits per heavy atom. The zero-order chi connectivity index (χ0) is 14.7. The lowest BCUT2D eigenvalue weighted by Gasteiger charge is -2.31. The van der Waals surface area contributed by atoms with Crippen LogP contribution in [-0.4, -0.2) is 47.2 Å². The van der Waals surface area contributed by atoms with Crippen LogP contribution in [0.1, 0.15) is 23.2 Å². The normalized spacial score (nSPS) is 18.6. The van der Waals surface area contributed by atoms with Gasteiger partial charge in [0.05, 0.1) is 13.0 Å². The second kappa shape index (κ2) is 5.81. The topological polar surface area (TPSA) is 87.1 Å². The average molecular weight is 279 g/mol. The number of nitrogens with zero attached hydrogens (tertiary/aromatic N) is 1. The quantitative estimate of drug-likeness (QED) is 0.626. The largest absolute Gasteiger partial charge is 0.504 e. The number of hydrogen-bond donors (Lipinski definition) is 2. The Labute approximate surface area is 116 Å². The van der Waals surface area contributed by atoms with Gasteiger partial charge >= 0.3 is 5.97 Å². The second-order valence-corrected chi connectivity index (χ2v) is 4.82. The molecule has 108 valence electrons. The van der Waals surface area contributed by atoms with Crippen LogP contribution in [0.15, 0.2) is 18.2 Å². The fraction of sp³-hybridized carbons (Fsp3) is 0.429. The number of phenols is 2. The molecule has 0 unspecified atom stereocenters. The summed E-state index contributed by atoms with van der Waals surface area (Å²) < 4.78 is 4.71. The number of carbonyl (C=O) groups is 2. The molecule has 2 rings (SSSR count). The number of hydrogen-bond acceptors (Lipinski definition) is 5. The van der Waals surface area contributed by atoms with Crippen LogP contribution < -0.4 is 0 Å². The third-order valence-electron chi connectivity index (χ3n) is 3.47. The van der Waals surface area contributed by atoms with E-state index in [1.807, 2.05) is 0 Å². The second-order valence-electron chi connectivity index (χ2n) is 4.82. The number of esters is 1. The maximum absolute atomic E-state index is 12.3. The van der Waals surface area contributed by atoms with Gasteiger partial charge in [0.25, 0.3) is 5.91 Å². The Bertz CT molecular complexity index is 528. The molecule has 1 aromatic carbocycles. The van der Waals surface area contributed by atoms with Gasteiger partial charge in [0.1, 0.15) is 0 Å². The van der Waals surface area contributed by atoms with Crippen LogP contribution in [0.25, 0.3) is 0 Å². The molecule has 20 heavy (non-hydrogen) atoms. The molecule has 6 nitrogen and oxygen atoms in total. The standard InChI is InChI=1S/C14H17NO5/c1-20-14(19)10-3-2-6-15(8-10)13(18)9-4-5-11(16)12(17)7-9/h4-5,7,10,16-17H,2-3,6,8H2,1H3/t10-/m0/s1. The van der Waals surface area contributed by atoms with Crippen LogP contribution >= 0.6 is 0 Å². The zero-order valence-electron chi connectivity index (χ0n) is 11.2. The molecule has 0 spiro atoms. The molecule has 1 aliphatic rings. The van der Waals surface area contributed by atoms with Gasteiger partial charge in [-0.15, -0.1) is 0 Å². The van der Waals surface area contributed by atoms with Crippen molar-refractivity contribution in [3.63, 3.8) is 0 Å². The first-order chi connectivity index (χ1) is 9.52. The highest BCUT2D eigenvalue weighted by Crippen LogP contribution is 2.26. The summed E-state index contributed by atoms with van der Waals surface area (Å²) in [5.41, 5.74) is 0.283. The molecule has 1 saturated heterocycles. The Morgan fingerprint density at radius 1 is 1.30 bits per heavy atom. The van der Waals surface area contributed by atoms with E-state index >= 15 is 0 Å². The van der Waals surface area contributed by atoms with E-state index in [1.165, 1.54) is 25.3 Å². The third kappa shape index (κ3) is 2.84. The van der Waals surface area contributed by atoms with Crippen LogP contribution in [0.2, 0.25) is 0 Å². The molecule has 1 heterocycles. The van der Waals surface area contributed by atoms with Crippen molar-refractivity contribution >= 4 is 11.9 Å². The molecule has 0 aromatic heterocycles. The van der Waals surface area contributed by atoms with Crippen molar-refractivity contribution in [2.75, 3.05) is 20.2 Å². The fourth-order valence-corrected chi connectivity index (χ4v) is 2.36. The molecule has 0 saturated carbocycles. The van der Waals surface area contributed by atoms with E-state index in [4.69, 9.17) is 4.74 Å². The number of rotatable bonds is 2. The Kier molecular flexibility index (Phi) is 4.12. The summed E-state index contributed by atoms with van der Waals surface area (Å²) in [6.07, 6.45) is 1.44. The number of methoxy groups -OCH3 is 1. The molecule has 1 aliphatic heterocycles. The highest BCUT2D eigenvalue weighted by atomic mass is 16.5. The molecule has 1 aromatic rings. The summed E-state index contributed by atoms with van der Waals surface area (Å²) in [4.78, 5) is 25.4. The van der Waals surface area contributed by atoms with Gasteiger partial charge in [-0.2, -0.15) is 0 Å². The van der Waals surface area contributed by atoms with Crippen LogP contribution in [0.3, 0.4) is 0 Å². The van der Waals surface area contributed by atoms with Crippen LogP contribution in [0.5, 0.6) is 11.5 Å². The highest BCUT2D eigenvalue weighted by molar-refractivity contribution is 5.95. The summed E-state index contributed by atoms with van der Waals surface area (Å²) in [6.45, 7) is 0.876. The van der Waals surface area contributed by atoms with Crippen molar-refractivity contribution < 1.29 is 24.5 Å². The molecule has 1 atom stereocenters. The van der Waals surface area contributed by atoms with E-state index in [0.29, 0.717) is 19.5 Å². The lowest BCUT2D eigenvalue weighted by Crippen LogP contribution is -2.42. The van der Waals surface area contributed by atoms with Crippen LogP contribution in [-0.2, 0) is 9.53 Å². The molecular weight excluding hydrogens is 262 g/mol. The SMILES string of the molecule is COC(=O)[C@H]1CCCN(C(=O)c2ccc(O)c(O)c2)C1. The molecule has 1 fully saturated rings. The number of phenolic OH excluding ortho intramolecular Hbond substituents is 2. The molecule has 0 radical (unpaired) electrons. The molecule has 0 aliphatic carbocycles. The van der Waals surface area contributed by atoms with Crippen molar-refractivity contribution in [1.29, 1.82) is 0 Å². The molecule has 1 amide bonds. The van der Waals surface area contributed by atoms with Gasteiger partial charge in [-0.1, -0.05) is 0 Å². The van der Waals surface area contributed by atoms with E-state index in [0.717, 1.165) is 6.42 Å². The van der Waals surface area contributed by atoms with Gasteiger partial charge in [0.15, 0.2) is 11.5 Å². The molecule has 0 bridgehead atoms. The number of aromatic hydroxyl groups is 2. The first kappa shape index (κ1) is 14.2. The average Bonchev–Trinajstić information content (AvgIpc) is 2.48. The minimum absolute atomic E-state index is 0.270. The van der Waals surface area contributed by atoms with Crippen molar-refractivity contribution in [3.05, 3.63) is 23.8 Å². The monoisotopic (exact) mass is 279 g/mol. The number of amides is 1. The maximum Gasteiger partial charge on any atom is 0.310 e. The predicted octanol–water partition coefficient (Wildman–Crippen LogP) is 1.12. The zero-order valence-corrected chi connectivity index (χ0v) is 11.2. The van der Waals surface area contributed by atoms with E-state index in [2.05, 4.69) is 0 Å². The Hall–Kier alpha value is -2.24. The van der Waals surface area contributed by atoms with Gasteiger partial charge < -0.3 is 19.8 Å². The van der Waals surface area contributed by atoms with E-state index < -0.39 is 0 Å². The summed E-state index contributed by atoms with van der Waals surface area (Å²) in [7, 11) is 1.33. The van der Waals surface area contributed by atoms with E-state index in [9.17, 15) is 19.8 Å². The number of piperidine rings is 1. The van der Waals surface area contributed by atoms with Crippen molar-refractivity contribution in [2.45, 2.75) is 12.8 Å². The van der Waals surface area contributed by atoms with E-state index in [1.54, 1.807) is 4.90 Å². The van der Waals surface area contributed by atoms with Gasteiger partial charge in [-0.3, -0.25) is 9.59 Å². The van der Waals surface area contributed by atoms with Crippen LogP contribution in [0.4, 0.5) is 0 Å². The number of carbonyl (C=O) groups excluding carboxylic acids is 2. The molecular formula is C14H17NO5. The lowest BCUT2D eigenvalue weighted by molar-refractivity contribution is -0.146. The maximum atomic E-state index is 12.3. The van der Waals surface area contributed by atoms with Crippen molar-refractivity contribution in [2.24, 2.45) is 5.92 Å². The van der Waals surface area contributed by atoms with Gasteiger partial charge in [0.2, 0.25) is 0 Å². The van der Waals surface area contributed by atoms with Crippen molar-refractivity contribution in [3.8, 4) is 11.5 Å². The van der Waals surface area contributed by atoms with Crippen molar-refractivity contribution in [1.82, 2.24) is 4.90 Å². The fourth-order valence-electron chi connectivity index (χ4n) is 2.36. The van der Waals surface area contributed by atoms with Crippen LogP contribution in [0, 0.1) is 5.92 Å². The summed E-state index contributed by atoms with van der Waals surface area (Å²) in [5.74, 6) is -1.49. The van der Waals surface area contributed by atoms with Gasteiger partial charge in [0, 0.05) is 18.7 Å². The number of ether oxygens (including phenoxy) is 1. The van der Waals surface area contributed by atoms with Gasteiger partial charge in [-0.25, -0.2) is 0 Å². The predicted molar refractivity (Wildman–Crippen MR) is 70.4 cm³/mol.